The van der Waals surface area contributed by atoms with Gasteiger partial charge in [0.05, 0.1) is 11.4 Å². The minimum Gasteiger partial charge on any atom is -0.481 e. The molecule has 0 aliphatic rings. The highest BCUT2D eigenvalue weighted by Gasteiger charge is 2.21. The van der Waals surface area contributed by atoms with Crippen molar-refractivity contribution in [1.29, 1.82) is 0 Å². The molecule has 1 amide bonds. The van der Waals surface area contributed by atoms with Crippen molar-refractivity contribution in [2.24, 2.45) is 7.05 Å². The van der Waals surface area contributed by atoms with E-state index in [2.05, 4.69) is 5.32 Å². The highest BCUT2D eigenvalue weighted by Crippen LogP contribution is 2.19. The molecule has 140 valence electrons. The number of rotatable bonds is 5. The largest absolute Gasteiger partial charge is 0.481 e. The fraction of sp³-hybridized carbons (Fsp3) is 0.200. The van der Waals surface area contributed by atoms with Gasteiger partial charge in [0, 0.05) is 12.1 Å². The molecule has 0 spiro atoms. The van der Waals surface area contributed by atoms with Gasteiger partial charge in [0.2, 0.25) is 0 Å². The smallest absolute Gasteiger partial charge is 0.295 e. The number of benzene rings is 2. The molecule has 7 heteroatoms. The molecule has 27 heavy (non-hydrogen) atoms. The van der Waals surface area contributed by atoms with Crippen molar-refractivity contribution in [2.45, 2.75) is 20.0 Å². The van der Waals surface area contributed by atoms with Gasteiger partial charge in [-0.3, -0.25) is 14.3 Å². The van der Waals surface area contributed by atoms with Crippen LogP contribution in [0.2, 0.25) is 5.02 Å². The van der Waals surface area contributed by atoms with Crippen LogP contribution in [0.15, 0.2) is 59.4 Å². The van der Waals surface area contributed by atoms with E-state index in [9.17, 15) is 9.59 Å². The van der Waals surface area contributed by atoms with E-state index in [4.69, 9.17) is 16.3 Å². The molecule has 1 heterocycles. The van der Waals surface area contributed by atoms with Gasteiger partial charge in [-0.25, -0.2) is 4.68 Å². The Hall–Kier alpha value is -2.99. The lowest BCUT2D eigenvalue weighted by molar-refractivity contribution is -0.122. The second kappa shape index (κ2) is 7.72. The average molecular weight is 386 g/mol. The third kappa shape index (κ3) is 3.90. The predicted octanol–water partition coefficient (Wildman–Crippen LogP) is 3.54. The Balaban J connectivity index is 1.83. The lowest BCUT2D eigenvalue weighted by atomic mass is 10.3. The molecular formula is C20H20ClN3O3. The Kier molecular flexibility index (Phi) is 5.37. The first kappa shape index (κ1) is 18.8. The SMILES string of the molecule is Cc1c(NC(=O)[C@@H](C)Oc2cccc(Cl)c2)c(=O)n(-c2ccccc2)n1C. The van der Waals surface area contributed by atoms with E-state index in [-0.39, 0.29) is 11.2 Å². The molecular weight excluding hydrogens is 366 g/mol. The maximum absolute atomic E-state index is 12.8. The topological polar surface area (TPSA) is 65.3 Å². The van der Waals surface area contributed by atoms with E-state index < -0.39 is 12.0 Å². The van der Waals surface area contributed by atoms with Gasteiger partial charge >= 0.3 is 0 Å². The number of hydrogen-bond acceptors (Lipinski definition) is 3. The van der Waals surface area contributed by atoms with Gasteiger partial charge in [-0.1, -0.05) is 35.9 Å². The number of anilines is 1. The lowest BCUT2D eigenvalue weighted by Crippen LogP contribution is -2.32. The molecule has 3 rings (SSSR count). The van der Waals surface area contributed by atoms with Crippen LogP contribution in [0.1, 0.15) is 12.6 Å². The number of aromatic nitrogens is 2. The van der Waals surface area contributed by atoms with Crippen LogP contribution in [0.3, 0.4) is 0 Å². The summed E-state index contributed by atoms with van der Waals surface area (Å²) in [4.78, 5) is 25.4. The van der Waals surface area contributed by atoms with E-state index in [1.807, 2.05) is 30.3 Å². The molecule has 6 nitrogen and oxygen atoms in total. The summed E-state index contributed by atoms with van der Waals surface area (Å²) >= 11 is 5.93. The standard InChI is InChI=1S/C20H20ClN3O3/c1-13-18(20(26)24(23(13)3)16-9-5-4-6-10-16)22-19(25)14(2)27-17-11-7-8-15(21)12-17/h4-12,14H,1-3H3,(H,22,25)/t14-/m1/s1. The molecule has 0 radical (unpaired) electrons. The molecule has 0 aliphatic heterocycles. The van der Waals surface area contributed by atoms with Crippen LogP contribution < -0.4 is 15.6 Å². The van der Waals surface area contributed by atoms with Crippen molar-refractivity contribution < 1.29 is 9.53 Å². The fourth-order valence-corrected chi connectivity index (χ4v) is 2.92. The Labute approximate surface area is 161 Å². The Morgan fingerprint density at radius 2 is 1.85 bits per heavy atom. The van der Waals surface area contributed by atoms with E-state index in [0.717, 1.165) is 5.69 Å². The molecule has 0 bridgehead atoms. The van der Waals surface area contributed by atoms with Crippen LogP contribution in [0.5, 0.6) is 5.75 Å². The zero-order valence-corrected chi connectivity index (χ0v) is 16.0. The summed E-state index contributed by atoms with van der Waals surface area (Å²) in [6.45, 7) is 3.39. The molecule has 0 unspecified atom stereocenters. The number of halogens is 1. The molecule has 1 aromatic heterocycles. The molecule has 0 aliphatic carbocycles. The van der Waals surface area contributed by atoms with E-state index >= 15 is 0 Å². The monoisotopic (exact) mass is 385 g/mol. The zero-order valence-electron chi connectivity index (χ0n) is 15.3. The minimum atomic E-state index is -0.798. The molecule has 0 saturated heterocycles. The van der Waals surface area contributed by atoms with E-state index in [1.165, 1.54) is 4.68 Å². The third-order valence-corrected chi connectivity index (χ3v) is 4.52. The Morgan fingerprint density at radius 3 is 2.52 bits per heavy atom. The maximum Gasteiger partial charge on any atom is 0.295 e. The molecule has 2 aromatic carbocycles. The number of nitrogens with one attached hydrogen (secondary N) is 1. The summed E-state index contributed by atoms with van der Waals surface area (Å²) in [5.41, 5.74) is 1.29. The van der Waals surface area contributed by atoms with Gasteiger partial charge in [0.25, 0.3) is 11.5 Å². The van der Waals surface area contributed by atoms with Crippen LogP contribution >= 0.6 is 11.6 Å². The van der Waals surface area contributed by atoms with Gasteiger partial charge in [-0.2, -0.15) is 0 Å². The van der Waals surface area contributed by atoms with Gasteiger partial charge in [-0.15, -0.1) is 0 Å². The third-order valence-electron chi connectivity index (χ3n) is 4.28. The van der Waals surface area contributed by atoms with Gasteiger partial charge in [0.1, 0.15) is 11.4 Å². The number of hydrogen-bond donors (Lipinski definition) is 1. The lowest BCUT2D eigenvalue weighted by Gasteiger charge is -2.14. The second-order valence-corrected chi connectivity index (χ2v) is 6.58. The first-order valence-corrected chi connectivity index (χ1v) is 8.83. The van der Waals surface area contributed by atoms with Crippen molar-refractivity contribution in [3.05, 3.63) is 75.7 Å². The van der Waals surface area contributed by atoms with Gasteiger partial charge in [0.15, 0.2) is 6.10 Å². The Morgan fingerprint density at radius 1 is 1.15 bits per heavy atom. The molecule has 1 N–H and O–H groups in total. The van der Waals surface area contributed by atoms with Gasteiger partial charge < -0.3 is 10.1 Å². The van der Waals surface area contributed by atoms with Gasteiger partial charge in [-0.05, 0) is 44.2 Å². The summed E-state index contributed by atoms with van der Waals surface area (Å²) in [5.74, 6) is 0.0672. The second-order valence-electron chi connectivity index (χ2n) is 6.14. The van der Waals surface area contributed by atoms with Crippen molar-refractivity contribution in [3.63, 3.8) is 0 Å². The number of ether oxygens (including phenoxy) is 1. The van der Waals surface area contributed by atoms with Crippen LogP contribution in [0.25, 0.3) is 5.69 Å². The molecule has 1 atom stereocenters. The summed E-state index contributed by atoms with van der Waals surface area (Å²) in [6, 6.07) is 16.0. The summed E-state index contributed by atoms with van der Waals surface area (Å²) < 4.78 is 8.83. The molecule has 3 aromatic rings. The first-order chi connectivity index (χ1) is 12.9. The number of carbonyl (C=O) groups excluding carboxylic acids is 1. The molecule has 0 saturated carbocycles. The number of amides is 1. The number of para-hydroxylation sites is 1. The summed E-state index contributed by atoms with van der Waals surface area (Å²) in [6.07, 6.45) is -0.798. The van der Waals surface area contributed by atoms with Crippen molar-refractivity contribution in [3.8, 4) is 11.4 Å². The highest BCUT2D eigenvalue weighted by atomic mass is 35.5. The quantitative estimate of drug-likeness (QED) is 0.730. The minimum absolute atomic E-state index is 0.230. The molecule has 0 fully saturated rings. The highest BCUT2D eigenvalue weighted by molar-refractivity contribution is 6.30. The predicted molar refractivity (Wildman–Crippen MR) is 106 cm³/mol. The zero-order chi connectivity index (χ0) is 19.6. The summed E-state index contributed by atoms with van der Waals surface area (Å²) in [7, 11) is 1.77. The number of nitrogens with zero attached hydrogens (tertiary/aromatic N) is 2. The fourth-order valence-electron chi connectivity index (χ4n) is 2.74. The van der Waals surface area contributed by atoms with Crippen LogP contribution in [-0.2, 0) is 11.8 Å². The maximum atomic E-state index is 12.8. The van der Waals surface area contributed by atoms with Crippen LogP contribution in [0.4, 0.5) is 5.69 Å². The van der Waals surface area contributed by atoms with Crippen LogP contribution in [-0.4, -0.2) is 21.4 Å². The van der Waals surface area contributed by atoms with Crippen molar-refractivity contribution in [1.82, 2.24) is 9.36 Å². The van der Waals surface area contributed by atoms with E-state index in [1.54, 1.807) is 49.8 Å². The van der Waals surface area contributed by atoms with Crippen molar-refractivity contribution >= 4 is 23.2 Å². The Bertz CT molecular complexity index is 1020. The van der Waals surface area contributed by atoms with Crippen molar-refractivity contribution in [2.75, 3.05) is 5.32 Å². The average Bonchev–Trinajstić information content (AvgIpc) is 2.85. The summed E-state index contributed by atoms with van der Waals surface area (Å²) in [5, 5.41) is 3.21. The first-order valence-electron chi connectivity index (χ1n) is 8.45. The van der Waals surface area contributed by atoms with E-state index in [0.29, 0.717) is 16.5 Å². The number of carbonyl (C=O) groups is 1. The van der Waals surface area contributed by atoms with Crippen LogP contribution in [0, 0.1) is 6.92 Å². The normalized spacial score (nSPS) is 11.9.